The molecule has 0 aliphatic carbocycles. The van der Waals surface area contributed by atoms with Gasteiger partial charge < -0.3 is 10.6 Å². The molecule has 0 unspecified atom stereocenters. The number of hydrogen-bond donors (Lipinski definition) is 1. The lowest BCUT2D eigenvalue weighted by atomic mass is 9.97. The van der Waals surface area contributed by atoms with Crippen LogP contribution in [0.4, 0.5) is 23.2 Å². The molecule has 2 N–H and O–H groups in total. The zero-order chi connectivity index (χ0) is 33.0. The Balaban J connectivity index is 0.000000219. The first-order valence-electron chi connectivity index (χ1n) is 14.5. The highest BCUT2D eigenvalue weighted by Gasteiger charge is 2.22. The van der Waals surface area contributed by atoms with Crippen molar-refractivity contribution in [1.29, 1.82) is 0 Å². The number of rotatable bonds is 6. The van der Waals surface area contributed by atoms with E-state index in [0.717, 1.165) is 16.8 Å². The van der Waals surface area contributed by atoms with Crippen LogP contribution in [0, 0.1) is 30.2 Å². The van der Waals surface area contributed by atoms with E-state index in [-0.39, 0.29) is 34.9 Å². The van der Waals surface area contributed by atoms with Crippen molar-refractivity contribution in [3.63, 3.8) is 0 Å². The molecule has 0 aliphatic rings. The van der Waals surface area contributed by atoms with E-state index in [4.69, 9.17) is 5.73 Å². The number of aryl methyl sites for hydroxylation is 1. The van der Waals surface area contributed by atoms with Crippen molar-refractivity contribution in [3.05, 3.63) is 177 Å². The molecular weight excluding hydrogens is 592 g/mol. The maximum absolute atomic E-state index is 13.6. The lowest BCUT2D eigenvalue weighted by Crippen LogP contribution is -2.29. The van der Waals surface area contributed by atoms with Crippen LogP contribution in [-0.2, 0) is 0 Å². The Labute approximate surface area is 264 Å². The maximum atomic E-state index is 13.6. The lowest BCUT2D eigenvalue weighted by Gasteiger charge is -2.24. The summed E-state index contributed by atoms with van der Waals surface area (Å²) in [6, 6.07) is 28.5. The van der Waals surface area contributed by atoms with Gasteiger partial charge in [-0.2, -0.15) is 0 Å². The third-order valence-corrected chi connectivity index (χ3v) is 7.66. The minimum absolute atomic E-state index is 0.208. The summed E-state index contributed by atoms with van der Waals surface area (Å²) >= 11 is 0. The van der Waals surface area contributed by atoms with E-state index in [1.54, 1.807) is 60.0 Å². The Morgan fingerprint density at radius 2 is 1.02 bits per heavy atom. The number of halogens is 4. The summed E-state index contributed by atoms with van der Waals surface area (Å²) in [4.78, 5) is 20.2. The topological polar surface area (TPSA) is 64.2 Å². The molecule has 9 heteroatoms. The number of anilines is 1. The van der Waals surface area contributed by atoms with E-state index in [0.29, 0.717) is 27.9 Å². The number of nitrogens with zero attached hydrogens (tertiary/aromatic N) is 3. The Morgan fingerprint density at radius 3 is 1.41 bits per heavy atom. The minimum Gasteiger partial charge on any atom is -0.378 e. The van der Waals surface area contributed by atoms with Crippen LogP contribution >= 0.6 is 0 Å². The van der Waals surface area contributed by atoms with Crippen LogP contribution in [0.2, 0.25) is 0 Å². The molecule has 1 aromatic heterocycles. The molecule has 0 fully saturated rings. The zero-order valence-corrected chi connectivity index (χ0v) is 25.5. The Kier molecular flexibility index (Phi) is 9.63. The van der Waals surface area contributed by atoms with Gasteiger partial charge in [0, 0.05) is 19.8 Å². The first kappa shape index (κ1) is 32.1. The molecule has 0 atom stereocenters. The molecule has 0 saturated heterocycles. The van der Waals surface area contributed by atoms with Gasteiger partial charge in [0.25, 0.3) is 5.56 Å². The van der Waals surface area contributed by atoms with Gasteiger partial charge in [-0.1, -0.05) is 48.5 Å². The van der Waals surface area contributed by atoms with E-state index in [1.807, 2.05) is 37.2 Å². The highest BCUT2D eigenvalue weighted by molar-refractivity contribution is 5.82. The van der Waals surface area contributed by atoms with Crippen LogP contribution in [-0.4, -0.2) is 23.6 Å². The van der Waals surface area contributed by atoms with Crippen molar-refractivity contribution in [3.8, 4) is 0 Å². The maximum Gasteiger partial charge on any atom is 0.262 e. The van der Waals surface area contributed by atoms with E-state index < -0.39 is 6.04 Å². The standard InChI is InChI=1S/C24H21F2N3O.C13H11F2N/c1-15-27-22-13-12-20(28(2)3)14-21(22)24(30)29(15)23(16-4-8-18(25)9-5-16)17-6-10-19(26)11-7-17;14-11-5-1-9(2-6-11)13(16)10-3-7-12(15)8-4-10/h4-14,23H,1-3H3;1-8,13H,16H2. The van der Waals surface area contributed by atoms with Gasteiger partial charge in [-0.25, -0.2) is 22.5 Å². The SMILES string of the molecule is Cc1nc2ccc(N(C)C)cc2c(=O)n1C(c1ccc(F)cc1)c1ccc(F)cc1.NC(c1ccc(F)cc1)c1ccc(F)cc1. The van der Waals surface area contributed by atoms with Crippen molar-refractivity contribution >= 4 is 16.6 Å². The Morgan fingerprint density at radius 1 is 0.630 bits per heavy atom. The number of aromatic nitrogens is 2. The summed E-state index contributed by atoms with van der Waals surface area (Å²) in [5.41, 5.74) is 10.3. The van der Waals surface area contributed by atoms with Crippen molar-refractivity contribution in [2.75, 3.05) is 19.0 Å². The second-order valence-corrected chi connectivity index (χ2v) is 11.0. The van der Waals surface area contributed by atoms with Gasteiger partial charge in [0.05, 0.1) is 23.0 Å². The van der Waals surface area contributed by atoms with Crippen molar-refractivity contribution in [1.82, 2.24) is 9.55 Å². The van der Waals surface area contributed by atoms with Gasteiger partial charge in [-0.3, -0.25) is 9.36 Å². The molecule has 6 aromatic rings. The number of nitrogens with two attached hydrogens (primary N) is 1. The smallest absolute Gasteiger partial charge is 0.262 e. The number of fused-ring (bicyclic) bond motifs is 1. The minimum atomic E-state index is -0.571. The molecule has 0 radical (unpaired) electrons. The summed E-state index contributed by atoms with van der Waals surface area (Å²) < 4.78 is 54.1. The van der Waals surface area contributed by atoms with Crippen LogP contribution < -0.4 is 16.2 Å². The van der Waals surface area contributed by atoms with Crippen LogP contribution in [0.25, 0.3) is 10.9 Å². The van der Waals surface area contributed by atoms with Crippen LogP contribution in [0.15, 0.2) is 120 Å². The highest BCUT2D eigenvalue weighted by Crippen LogP contribution is 2.28. The largest absolute Gasteiger partial charge is 0.378 e. The van der Waals surface area contributed by atoms with E-state index in [2.05, 4.69) is 4.98 Å². The van der Waals surface area contributed by atoms with E-state index in [9.17, 15) is 22.4 Å². The first-order chi connectivity index (χ1) is 22.0. The molecule has 234 valence electrons. The first-order valence-corrected chi connectivity index (χ1v) is 14.5. The zero-order valence-electron chi connectivity index (χ0n) is 25.5. The summed E-state index contributed by atoms with van der Waals surface area (Å²) in [5, 5.41) is 0.487. The Hall–Kier alpha value is -5.28. The number of benzene rings is 5. The fourth-order valence-electron chi connectivity index (χ4n) is 5.19. The van der Waals surface area contributed by atoms with Gasteiger partial charge >= 0.3 is 0 Å². The van der Waals surface area contributed by atoms with Crippen molar-refractivity contribution in [2.45, 2.75) is 19.0 Å². The van der Waals surface area contributed by atoms with E-state index in [1.165, 1.54) is 48.5 Å². The fourth-order valence-corrected chi connectivity index (χ4v) is 5.19. The van der Waals surface area contributed by atoms with Gasteiger partial charge in [-0.15, -0.1) is 0 Å². The van der Waals surface area contributed by atoms with Crippen molar-refractivity contribution in [2.24, 2.45) is 5.73 Å². The monoisotopic (exact) mass is 624 g/mol. The third-order valence-electron chi connectivity index (χ3n) is 7.66. The molecular formula is C37H32F4N4O. The van der Waals surface area contributed by atoms with Crippen molar-refractivity contribution < 1.29 is 17.6 Å². The highest BCUT2D eigenvalue weighted by atomic mass is 19.1. The predicted octanol–water partition coefficient (Wildman–Crippen LogP) is 7.70. The van der Waals surface area contributed by atoms with E-state index >= 15 is 0 Å². The molecule has 1 heterocycles. The average molecular weight is 625 g/mol. The second-order valence-electron chi connectivity index (χ2n) is 11.0. The average Bonchev–Trinajstić information content (AvgIpc) is 3.05. The summed E-state index contributed by atoms with van der Waals surface area (Å²) in [7, 11) is 3.81. The molecule has 46 heavy (non-hydrogen) atoms. The van der Waals surface area contributed by atoms with Crippen LogP contribution in [0.1, 0.15) is 40.2 Å². The third kappa shape index (κ3) is 7.16. The van der Waals surface area contributed by atoms with Gasteiger partial charge in [0.15, 0.2) is 0 Å². The van der Waals surface area contributed by atoms with Gasteiger partial charge in [0.1, 0.15) is 29.1 Å². The fraction of sp³-hybridized carbons (Fsp3) is 0.135. The summed E-state index contributed by atoms with van der Waals surface area (Å²) in [6.45, 7) is 1.76. The molecule has 0 saturated carbocycles. The molecule has 5 nitrogen and oxygen atoms in total. The summed E-state index contributed by atoms with van der Waals surface area (Å²) in [5.74, 6) is -0.810. The molecule has 0 aliphatic heterocycles. The molecule has 0 bridgehead atoms. The number of hydrogen-bond acceptors (Lipinski definition) is 4. The predicted molar refractivity (Wildman–Crippen MR) is 174 cm³/mol. The summed E-state index contributed by atoms with van der Waals surface area (Å²) in [6.07, 6.45) is 0. The lowest BCUT2D eigenvalue weighted by molar-refractivity contribution is 0.602. The van der Waals surface area contributed by atoms with Gasteiger partial charge in [-0.05, 0) is 95.9 Å². The quantitative estimate of drug-likeness (QED) is 0.193. The molecule has 5 aromatic carbocycles. The van der Waals surface area contributed by atoms with Crippen LogP contribution in [0.5, 0.6) is 0 Å². The molecule has 6 rings (SSSR count). The van der Waals surface area contributed by atoms with Gasteiger partial charge in [0.2, 0.25) is 0 Å². The van der Waals surface area contributed by atoms with Crippen LogP contribution in [0.3, 0.4) is 0 Å². The Bertz CT molecular complexity index is 1900. The molecule has 0 amide bonds. The molecule has 0 spiro atoms. The normalized spacial score (nSPS) is 11.1. The second kappa shape index (κ2) is 13.8.